The Labute approximate surface area is 302 Å². The number of anilines is 2. The molecule has 3 N–H and O–H groups in total. The van der Waals surface area contributed by atoms with Crippen LogP contribution in [-0.4, -0.2) is 29.8 Å². The van der Waals surface area contributed by atoms with Crippen molar-refractivity contribution in [1.29, 1.82) is 0 Å². The maximum absolute atomic E-state index is 14.6. The van der Waals surface area contributed by atoms with Crippen molar-refractivity contribution in [2.24, 2.45) is 0 Å². The Balaban J connectivity index is 1.22. The minimum Gasteiger partial charge on any atom is -0.496 e. The maximum Gasteiger partial charge on any atom is 0.272 e. The van der Waals surface area contributed by atoms with Crippen LogP contribution in [0.15, 0.2) is 149 Å². The van der Waals surface area contributed by atoms with E-state index in [9.17, 15) is 18.8 Å². The number of hydrogen-bond donors (Lipinski definition) is 3. The highest BCUT2D eigenvalue weighted by Gasteiger charge is 2.24. The molecule has 1 atom stereocenters. The van der Waals surface area contributed by atoms with Gasteiger partial charge in [0.1, 0.15) is 22.5 Å². The highest BCUT2D eigenvalue weighted by Crippen LogP contribution is 2.38. The first-order valence-electron chi connectivity index (χ1n) is 15.7. The summed E-state index contributed by atoms with van der Waals surface area (Å²) in [5.41, 5.74) is 3.00. The Bertz CT molecular complexity index is 2190. The normalized spacial score (nSPS) is 11.7. The number of rotatable bonds is 12. The van der Waals surface area contributed by atoms with Crippen LogP contribution in [0.5, 0.6) is 5.75 Å². The zero-order chi connectivity index (χ0) is 35.6. The molecule has 0 aliphatic rings. The lowest BCUT2D eigenvalue weighted by molar-refractivity contribution is -0.116. The summed E-state index contributed by atoms with van der Waals surface area (Å²) in [6, 6.07) is 38.3. The molecule has 3 amide bonds. The molecule has 0 bridgehead atoms. The van der Waals surface area contributed by atoms with E-state index in [0.717, 1.165) is 11.1 Å². The second-order valence-corrected chi connectivity index (χ2v) is 13.1. The number of thiazole rings is 1. The van der Waals surface area contributed by atoms with Crippen LogP contribution in [0.1, 0.15) is 26.7 Å². The minimum atomic E-state index is -0.669. The highest BCUT2D eigenvalue weighted by molar-refractivity contribution is 8.00. The van der Waals surface area contributed by atoms with Gasteiger partial charge in [-0.2, -0.15) is 0 Å². The van der Waals surface area contributed by atoms with Gasteiger partial charge in [-0.05, 0) is 60.2 Å². The number of methoxy groups -OCH3 is 1. The first kappa shape index (κ1) is 34.8. The van der Waals surface area contributed by atoms with Gasteiger partial charge in [0.15, 0.2) is 5.13 Å². The van der Waals surface area contributed by atoms with Crippen molar-refractivity contribution in [3.8, 4) is 17.0 Å². The van der Waals surface area contributed by atoms with E-state index in [4.69, 9.17) is 4.74 Å². The first-order valence-corrected chi connectivity index (χ1v) is 17.5. The third-order valence-corrected chi connectivity index (χ3v) is 9.54. The third kappa shape index (κ3) is 8.96. The Hall–Kier alpha value is -6.04. The maximum atomic E-state index is 14.6. The molecule has 0 radical (unpaired) electrons. The number of aromatic nitrogens is 1. The van der Waals surface area contributed by atoms with E-state index in [1.807, 2.05) is 66.0 Å². The van der Waals surface area contributed by atoms with Gasteiger partial charge in [-0.15, -0.1) is 23.1 Å². The molecule has 6 rings (SSSR count). The summed E-state index contributed by atoms with van der Waals surface area (Å²) in [4.78, 5) is 45.8. The average Bonchev–Trinajstić information content (AvgIpc) is 3.63. The molecule has 0 aliphatic carbocycles. The van der Waals surface area contributed by atoms with Gasteiger partial charge in [-0.1, -0.05) is 84.9 Å². The third-order valence-electron chi connectivity index (χ3n) is 7.54. The zero-order valence-electron chi connectivity index (χ0n) is 27.2. The number of benzene rings is 5. The molecular weight excluding hydrogens is 684 g/mol. The summed E-state index contributed by atoms with van der Waals surface area (Å²) < 4.78 is 20.1. The van der Waals surface area contributed by atoms with Crippen molar-refractivity contribution in [3.05, 3.63) is 167 Å². The number of thioether (sulfide) groups is 1. The molecule has 8 nitrogen and oxygen atoms in total. The topological polar surface area (TPSA) is 109 Å². The molecule has 51 heavy (non-hydrogen) atoms. The van der Waals surface area contributed by atoms with Crippen molar-refractivity contribution >= 4 is 57.7 Å². The quantitative estimate of drug-likeness (QED) is 0.0864. The molecule has 1 unspecified atom stereocenters. The smallest absolute Gasteiger partial charge is 0.272 e. The summed E-state index contributed by atoms with van der Waals surface area (Å²) in [7, 11) is 1.60. The standard InChI is InChI=1S/C40H31FN4O4S2/c1-49-35-22-11-9-20-31(35)34-25-50-40(44-34)45-39(48)36(26-13-4-2-5-14-26)51-30-19-12-18-29(24-30)42-38(47)33(23-28-17-8-10-21-32(28)41)43-37(46)27-15-6-3-7-16-27/h2-25,36H,1H3,(H,42,47)(H,43,46)(H,44,45,48)/b33-23-. The molecule has 6 aromatic rings. The lowest BCUT2D eigenvalue weighted by Crippen LogP contribution is -2.30. The summed E-state index contributed by atoms with van der Waals surface area (Å²) in [6.45, 7) is 0. The molecule has 0 fully saturated rings. The summed E-state index contributed by atoms with van der Waals surface area (Å²) in [6.07, 6.45) is 1.29. The highest BCUT2D eigenvalue weighted by atomic mass is 32.2. The van der Waals surface area contributed by atoms with Crippen LogP contribution in [0.2, 0.25) is 0 Å². The molecule has 5 aromatic carbocycles. The molecular formula is C40H31FN4O4S2. The van der Waals surface area contributed by atoms with Crippen LogP contribution >= 0.6 is 23.1 Å². The Morgan fingerprint density at radius 2 is 1.53 bits per heavy atom. The van der Waals surface area contributed by atoms with Crippen molar-refractivity contribution in [3.63, 3.8) is 0 Å². The van der Waals surface area contributed by atoms with E-state index in [2.05, 4.69) is 20.9 Å². The second-order valence-electron chi connectivity index (χ2n) is 11.0. The number of carbonyl (C=O) groups is 3. The molecule has 0 saturated carbocycles. The van der Waals surface area contributed by atoms with E-state index >= 15 is 0 Å². The Morgan fingerprint density at radius 3 is 2.29 bits per heavy atom. The van der Waals surface area contributed by atoms with E-state index in [-0.39, 0.29) is 17.2 Å². The number of carbonyl (C=O) groups excluding carboxylic acids is 3. The largest absolute Gasteiger partial charge is 0.496 e. The first-order chi connectivity index (χ1) is 24.9. The lowest BCUT2D eigenvalue weighted by Gasteiger charge is -2.17. The minimum absolute atomic E-state index is 0.132. The number of halogens is 1. The van der Waals surface area contributed by atoms with Crippen LogP contribution in [-0.2, 0) is 9.59 Å². The fraction of sp³-hybridized carbons (Fsp3) is 0.0500. The second kappa shape index (κ2) is 16.6. The van der Waals surface area contributed by atoms with E-state index in [1.165, 1.54) is 47.4 Å². The van der Waals surface area contributed by atoms with Gasteiger partial charge < -0.3 is 20.7 Å². The van der Waals surface area contributed by atoms with Crippen LogP contribution in [0.3, 0.4) is 0 Å². The van der Waals surface area contributed by atoms with Crippen molar-refractivity contribution in [1.82, 2.24) is 10.3 Å². The van der Waals surface area contributed by atoms with Gasteiger partial charge >= 0.3 is 0 Å². The predicted octanol–water partition coefficient (Wildman–Crippen LogP) is 8.84. The lowest BCUT2D eigenvalue weighted by atomic mass is 10.1. The summed E-state index contributed by atoms with van der Waals surface area (Å²) in [5.74, 6) is -1.32. The van der Waals surface area contributed by atoms with Crippen molar-refractivity contribution in [2.75, 3.05) is 17.7 Å². The van der Waals surface area contributed by atoms with Gasteiger partial charge in [0.25, 0.3) is 11.8 Å². The Morgan fingerprint density at radius 1 is 0.824 bits per heavy atom. The van der Waals surface area contributed by atoms with Gasteiger partial charge in [0.05, 0.1) is 12.8 Å². The summed E-state index contributed by atoms with van der Waals surface area (Å²) >= 11 is 2.61. The average molecular weight is 715 g/mol. The fourth-order valence-electron chi connectivity index (χ4n) is 5.05. The fourth-order valence-corrected chi connectivity index (χ4v) is 6.85. The van der Waals surface area contributed by atoms with Crippen LogP contribution < -0.4 is 20.7 Å². The zero-order valence-corrected chi connectivity index (χ0v) is 28.8. The van der Waals surface area contributed by atoms with Gasteiger partial charge in [-0.3, -0.25) is 14.4 Å². The van der Waals surface area contributed by atoms with E-state index < -0.39 is 22.9 Å². The number of nitrogens with one attached hydrogen (secondary N) is 3. The SMILES string of the molecule is COc1ccccc1-c1csc(NC(=O)C(Sc2cccc(NC(=O)/C(=C/c3ccccc3F)NC(=O)c3ccccc3)c2)c2ccccc2)n1. The number of nitrogens with zero attached hydrogens (tertiary/aromatic N) is 1. The number of hydrogen-bond acceptors (Lipinski definition) is 7. The molecule has 1 heterocycles. The van der Waals surface area contributed by atoms with Gasteiger partial charge in [-0.25, -0.2) is 9.37 Å². The molecule has 254 valence electrons. The van der Waals surface area contributed by atoms with E-state index in [0.29, 0.717) is 32.7 Å². The van der Waals surface area contributed by atoms with Crippen LogP contribution in [0.25, 0.3) is 17.3 Å². The number of ether oxygens (including phenoxy) is 1. The molecule has 11 heteroatoms. The van der Waals surface area contributed by atoms with Crippen molar-refractivity contribution < 1.29 is 23.5 Å². The predicted molar refractivity (Wildman–Crippen MR) is 201 cm³/mol. The Kier molecular flexibility index (Phi) is 11.3. The molecule has 0 spiro atoms. The van der Waals surface area contributed by atoms with E-state index in [1.54, 1.807) is 61.7 Å². The van der Waals surface area contributed by atoms with Gasteiger partial charge in [0.2, 0.25) is 5.91 Å². The molecule has 1 aromatic heterocycles. The molecule has 0 aliphatic heterocycles. The number of amides is 3. The van der Waals surface area contributed by atoms with Crippen LogP contribution in [0.4, 0.5) is 15.2 Å². The molecule has 0 saturated heterocycles. The van der Waals surface area contributed by atoms with Crippen molar-refractivity contribution in [2.45, 2.75) is 10.1 Å². The monoisotopic (exact) mass is 714 g/mol. The van der Waals surface area contributed by atoms with Crippen LogP contribution in [0, 0.1) is 5.82 Å². The summed E-state index contributed by atoms with van der Waals surface area (Å²) in [5, 5.41) is 10.0. The number of para-hydroxylation sites is 1. The van der Waals surface area contributed by atoms with Gasteiger partial charge in [0, 0.05) is 32.7 Å².